The van der Waals surface area contributed by atoms with E-state index in [4.69, 9.17) is 0 Å². The molecular formula is C9H5FN. The molecule has 1 radical (unpaired) electrons. The van der Waals surface area contributed by atoms with Crippen molar-refractivity contribution in [2.45, 2.75) is 0 Å². The van der Waals surface area contributed by atoms with Gasteiger partial charge < -0.3 is 0 Å². The van der Waals surface area contributed by atoms with Crippen LogP contribution in [0.4, 0.5) is 4.39 Å². The lowest BCUT2D eigenvalue weighted by Gasteiger charge is -1.93. The van der Waals surface area contributed by atoms with Gasteiger partial charge in [-0.25, -0.2) is 4.39 Å². The minimum atomic E-state index is -0.236. The minimum absolute atomic E-state index is 0.236. The molecule has 0 aliphatic carbocycles. The summed E-state index contributed by atoms with van der Waals surface area (Å²) in [5.74, 6) is -0.236. The molecule has 2 aromatic rings. The molecule has 1 aromatic carbocycles. The quantitative estimate of drug-likeness (QED) is 0.555. The second-order valence-corrected chi connectivity index (χ2v) is 2.28. The SMILES string of the molecule is Fc1ccc2cnc[c]c2c1. The number of hydrogen-bond acceptors (Lipinski definition) is 1. The molecule has 1 nitrogen and oxygen atoms in total. The number of fused-ring (bicyclic) bond motifs is 1. The molecule has 11 heavy (non-hydrogen) atoms. The molecule has 0 fully saturated rings. The summed E-state index contributed by atoms with van der Waals surface area (Å²) in [6.45, 7) is 0. The predicted octanol–water partition coefficient (Wildman–Crippen LogP) is 2.17. The largest absolute Gasteiger partial charge is 0.263 e. The molecular weight excluding hydrogens is 141 g/mol. The Bertz CT molecular complexity index is 384. The van der Waals surface area contributed by atoms with E-state index < -0.39 is 0 Å². The van der Waals surface area contributed by atoms with Gasteiger partial charge >= 0.3 is 0 Å². The van der Waals surface area contributed by atoms with E-state index in [1.807, 2.05) is 0 Å². The Kier molecular flexibility index (Phi) is 1.32. The molecule has 2 heteroatoms. The van der Waals surface area contributed by atoms with Crippen molar-refractivity contribution in [1.82, 2.24) is 4.98 Å². The Morgan fingerprint density at radius 1 is 1.36 bits per heavy atom. The van der Waals surface area contributed by atoms with Gasteiger partial charge in [0.15, 0.2) is 0 Å². The van der Waals surface area contributed by atoms with Gasteiger partial charge in [-0.1, -0.05) is 0 Å². The minimum Gasteiger partial charge on any atom is -0.263 e. The third-order valence-electron chi connectivity index (χ3n) is 1.52. The van der Waals surface area contributed by atoms with Crippen LogP contribution in [0.5, 0.6) is 0 Å². The molecule has 1 heterocycles. The molecule has 0 spiro atoms. The molecule has 0 aliphatic rings. The average Bonchev–Trinajstić information content (AvgIpc) is 2.04. The summed E-state index contributed by atoms with van der Waals surface area (Å²) in [6, 6.07) is 7.39. The number of nitrogens with zero attached hydrogens (tertiary/aromatic N) is 1. The summed E-state index contributed by atoms with van der Waals surface area (Å²) in [5.41, 5.74) is 0. The zero-order valence-electron chi connectivity index (χ0n) is 5.71. The van der Waals surface area contributed by atoms with Gasteiger partial charge in [0.1, 0.15) is 5.82 Å². The number of benzene rings is 1. The third-order valence-corrected chi connectivity index (χ3v) is 1.52. The maximum atomic E-state index is 12.6. The summed E-state index contributed by atoms with van der Waals surface area (Å²) in [5, 5.41) is 1.67. The van der Waals surface area contributed by atoms with Crippen LogP contribution in [-0.2, 0) is 0 Å². The molecule has 0 bridgehead atoms. The van der Waals surface area contributed by atoms with Crippen molar-refractivity contribution in [3.8, 4) is 0 Å². The Morgan fingerprint density at radius 2 is 2.27 bits per heavy atom. The smallest absolute Gasteiger partial charge is 0.123 e. The first kappa shape index (κ1) is 6.28. The van der Waals surface area contributed by atoms with Gasteiger partial charge in [0.2, 0.25) is 0 Å². The van der Waals surface area contributed by atoms with Crippen molar-refractivity contribution in [1.29, 1.82) is 0 Å². The summed E-state index contributed by atoms with van der Waals surface area (Å²) >= 11 is 0. The van der Waals surface area contributed by atoms with Crippen LogP contribution in [0.25, 0.3) is 10.8 Å². The molecule has 0 saturated carbocycles. The van der Waals surface area contributed by atoms with Gasteiger partial charge in [0.05, 0.1) is 0 Å². The zero-order valence-corrected chi connectivity index (χ0v) is 5.71. The fourth-order valence-corrected chi connectivity index (χ4v) is 0.990. The average molecular weight is 146 g/mol. The highest BCUT2D eigenvalue weighted by Crippen LogP contribution is 2.12. The van der Waals surface area contributed by atoms with E-state index in [1.165, 1.54) is 18.3 Å². The van der Waals surface area contributed by atoms with Crippen LogP contribution in [0.1, 0.15) is 0 Å². The Hall–Kier alpha value is -1.44. The van der Waals surface area contributed by atoms with Crippen molar-refractivity contribution in [3.63, 3.8) is 0 Å². The Morgan fingerprint density at radius 3 is 3.18 bits per heavy atom. The lowest BCUT2D eigenvalue weighted by molar-refractivity contribution is 0.629. The molecule has 1 aromatic heterocycles. The Labute approximate surface area is 63.5 Å². The lowest BCUT2D eigenvalue weighted by Crippen LogP contribution is -1.77. The topological polar surface area (TPSA) is 12.9 Å². The summed E-state index contributed by atoms with van der Waals surface area (Å²) in [7, 11) is 0. The summed E-state index contributed by atoms with van der Waals surface area (Å²) in [4.78, 5) is 3.86. The number of hydrogen-bond donors (Lipinski definition) is 0. The van der Waals surface area contributed by atoms with Crippen LogP contribution in [0.3, 0.4) is 0 Å². The molecule has 0 atom stereocenters. The zero-order chi connectivity index (χ0) is 7.68. The van der Waals surface area contributed by atoms with Gasteiger partial charge in [-0.2, -0.15) is 0 Å². The Balaban J connectivity index is 2.83. The fraction of sp³-hybridized carbons (Fsp3) is 0. The van der Waals surface area contributed by atoms with Crippen LogP contribution >= 0.6 is 0 Å². The molecule has 0 saturated heterocycles. The molecule has 53 valence electrons. The molecule has 0 unspecified atom stereocenters. The number of rotatable bonds is 0. The van der Waals surface area contributed by atoms with Crippen molar-refractivity contribution in [2.75, 3.05) is 0 Å². The highest BCUT2D eigenvalue weighted by molar-refractivity contribution is 5.80. The maximum absolute atomic E-state index is 12.6. The summed E-state index contributed by atoms with van der Waals surface area (Å²) < 4.78 is 12.6. The molecule has 0 amide bonds. The van der Waals surface area contributed by atoms with Gasteiger partial charge in [-0.3, -0.25) is 4.98 Å². The number of aromatic nitrogens is 1. The van der Waals surface area contributed by atoms with Crippen LogP contribution in [0.15, 0.2) is 30.6 Å². The van der Waals surface area contributed by atoms with E-state index in [0.29, 0.717) is 0 Å². The maximum Gasteiger partial charge on any atom is 0.123 e. The van der Waals surface area contributed by atoms with Crippen LogP contribution in [0.2, 0.25) is 0 Å². The monoisotopic (exact) mass is 146 g/mol. The normalized spacial score (nSPS) is 10.3. The first-order valence-electron chi connectivity index (χ1n) is 3.27. The molecule has 2 rings (SSSR count). The molecule has 0 N–H and O–H groups in total. The van der Waals surface area contributed by atoms with E-state index in [2.05, 4.69) is 11.1 Å². The van der Waals surface area contributed by atoms with Crippen LogP contribution in [-0.4, -0.2) is 4.98 Å². The highest BCUT2D eigenvalue weighted by atomic mass is 19.1. The van der Waals surface area contributed by atoms with Crippen molar-refractivity contribution in [2.24, 2.45) is 0 Å². The fourth-order valence-electron chi connectivity index (χ4n) is 0.990. The standard InChI is InChI=1S/C9H5FN/c10-9-2-1-8-6-11-4-3-7(8)5-9/h1-2,4-6H. The van der Waals surface area contributed by atoms with Crippen molar-refractivity contribution >= 4 is 10.8 Å². The van der Waals surface area contributed by atoms with E-state index in [0.717, 1.165) is 10.8 Å². The molecule has 0 aliphatic heterocycles. The number of halogens is 1. The first-order chi connectivity index (χ1) is 5.36. The first-order valence-corrected chi connectivity index (χ1v) is 3.27. The van der Waals surface area contributed by atoms with Gasteiger partial charge in [0, 0.05) is 23.8 Å². The van der Waals surface area contributed by atoms with Gasteiger partial charge in [-0.15, -0.1) is 0 Å². The third kappa shape index (κ3) is 1.07. The second kappa shape index (κ2) is 2.31. The van der Waals surface area contributed by atoms with Crippen molar-refractivity contribution < 1.29 is 4.39 Å². The van der Waals surface area contributed by atoms with Crippen LogP contribution < -0.4 is 0 Å². The van der Waals surface area contributed by atoms with Crippen molar-refractivity contribution in [3.05, 3.63) is 42.5 Å². The van der Waals surface area contributed by atoms with Gasteiger partial charge in [0.25, 0.3) is 0 Å². The van der Waals surface area contributed by atoms with Gasteiger partial charge in [-0.05, 0) is 23.6 Å². The number of pyridine rings is 1. The predicted molar refractivity (Wildman–Crippen MR) is 40.5 cm³/mol. The second-order valence-electron chi connectivity index (χ2n) is 2.28. The van der Waals surface area contributed by atoms with E-state index >= 15 is 0 Å². The van der Waals surface area contributed by atoms with Crippen LogP contribution in [0, 0.1) is 11.9 Å². The lowest BCUT2D eigenvalue weighted by atomic mass is 10.2. The highest BCUT2D eigenvalue weighted by Gasteiger charge is 1.93. The van der Waals surface area contributed by atoms with E-state index in [1.54, 1.807) is 12.3 Å². The summed E-state index contributed by atoms with van der Waals surface area (Å²) in [6.07, 6.45) is 3.22. The van der Waals surface area contributed by atoms with E-state index in [9.17, 15) is 4.39 Å². The van der Waals surface area contributed by atoms with E-state index in [-0.39, 0.29) is 5.82 Å².